The Morgan fingerprint density at radius 3 is 2.58 bits per heavy atom. The van der Waals surface area contributed by atoms with Gasteiger partial charge in [-0.2, -0.15) is 0 Å². The lowest BCUT2D eigenvalue weighted by Crippen LogP contribution is -2.42. The smallest absolute Gasteiger partial charge is 0.323 e. The van der Waals surface area contributed by atoms with Gasteiger partial charge in [-0.1, -0.05) is 13.3 Å². The van der Waals surface area contributed by atoms with Gasteiger partial charge in [0.1, 0.15) is 0 Å². The first kappa shape index (κ1) is 15.6. The first-order valence-corrected chi connectivity index (χ1v) is 7.15. The number of carboxylic acids is 1. The van der Waals surface area contributed by atoms with E-state index in [9.17, 15) is 14.7 Å². The number of hydrogen-bond acceptors (Lipinski definition) is 5. The molecule has 1 atom stereocenters. The summed E-state index contributed by atoms with van der Waals surface area (Å²) in [6.45, 7) is 5.54. The van der Waals surface area contributed by atoms with E-state index in [-0.39, 0.29) is 19.4 Å². The minimum absolute atomic E-state index is 0.0908. The largest absolute Gasteiger partial charge is 0.480 e. The van der Waals surface area contributed by atoms with Gasteiger partial charge >= 0.3 is 11.9 Å². The second-order valence-corrected chi connectivity index (χ2v) is 5.36. The number of carbonyl (C=O) groups excluding carboxylic acids is 1. The summed E-state index contributed by atoms with van der Waals surface area (Å²) in [6.07, 6.45) is 0.933. The molecule has 0 saturated heterocycles. The number of thiazole rings is 1. The number of aliphatic carboxylic acids is 1. The molecule has 1 aromatic heterocycles. The molecule has 6 heteroatoms. The van der Waals surface area contributed by atoms with Crippen LogP contribution < -0.4 is 0 Å². The van der Waals surface area contributed by atoms with E-state index in [1.165, 1.54) is 11.3 Å². The average Bonchev–Trinajstić information content (AvgIpc) is 2.74. The van der Waals surface area contributed by atoms with Crippen LogP contribution in [-0.2, 0) is 20.7 Å². The molecule has 1 unspecified atom stereocenters. The van der Waals surface area contributed by atoms with E-state index < -0.39 is 17.4 Å². The van der Waals surface area contributed by atoms with Crippen LogP contribution >= 0.6 is 11.3 Å². The lowest BCUT2D eigenvalue weighted by Gasteiger charge is -2.25. The number of carboxylic acid groups (broad SMARTS) is 1. The Bertz CT molecular complexity index is 457. The third kappa shape index (κ3) is 3.53. The maximum Gasteiger partial charge on any atom is 0.323 e. The second kappa shape index (κ2) is 6.65. The maximum absolute atomic E-state index is 12.1. The molecule has 0 saturated carbocycles. The SMILES string of the molecule is CCCC(Cc1nc(C)cs1)(C(=O)O)C(=O)OCC. The molecule has 0 aromatic carbocycles. The fourth-order valence-electron chi connectivity index (χ4n) is 1.97. The van der Waals surface area contributed by atoms with Crippen molar-refractivity contribution < 1.29 is 19.4 Å². The molecule has 19 heavy (non-hydrogen) atoms. The van der Waals surface area contributed by atoms with Crippen molar-refractivity contribution in [2.45, 2.75) is 40.0 Å². The fourth-order valence-corrected chi connectivity index (χ4v) is 2.86. The van der Waals surface area contributed by atoms with Crippen LogP contribution in [0.25, 0.3) is 0 Å². The molecule has 5 nitrogen and oxygen atoms in total. The van der Waals surface area contributed by atoms with Crippen LogP contribution in [0.15, 0.2) is 5.38 Å². The Balaban J connectivity index is 3.08. The number of aryl methyl sites for hydroxylation is 1. The van der Waals surface area contributed by atoms with Gasteiger partial charge in [-0.05, 0) is 20.3 Å². The van der Waals surface area contributed by atoms with Gasteiger partial charge < -0.3 is 9.84 Å². The number of esters is 1. The lowest BCUT2D eigenvalue weighted by molar-refractivity contribution is -0.169. The Morgan fingerprint density at radius 2 is 2.16 bits per heavy atom. The molecule has 106 valence electrons. The van der Waals surface area contributed by atoms with Gasteiger partial charge in [0.25, 0.3) is 0 Å². The molecular formula is C13H19NO4S. The summed E-state index contributed by atoms with van der Waals surface area (Å²) in [4.78, 5) is 27.9. The zero-order valence-electron chi connectivity index (χ0n) is 11.4. The third-order valence-electron chi connectivity index (χ3n) is 2.87. The molecule has 0 aliphatic rings. The van der Waals surface area contributed by atoms with E-state index in [0.29, 0.717) is 11.4 Å². The van der Waals surface area contributed by atoms with Gasteiger partial charge in [0.2, 0.25) is 0 Å². The van der Waals surface area contributed by atoms with Gasteiger partial charge in [0, 0.05) is 17.5 Å². The molecule has 1 rings (SSSR count). The molecule has 0 radical (unpaired) electrons. The quantitative estimate of drug-likeness (QED) is 0.615. The average molecular weight is 285 g/mol. The van der Waals surface area contributed by atoms with Gasteiger partial charge in [0.05, 0.1) is 11.6 Å². The molecule has 1 N–H and O–H groups in total. The molecule has 0 bridgehead atoms. The van der Waals surface area contributed by atoms with E-state index in [0.717, 1.165) is 5.69 Å². The van der Waals surface area contributed by atoms with Gasteiger partial charge in [-0.15, -0.1) is 11.3 Å². The van der Waals surface area contributed by atoms with Crippen LogP contribution in [0.2, 0.25) is 0 Å². The van der Waals surface area contributed by atoms with E-state index in [1.54, 1.807) is 6.92 Å². The van der Waals surface area contributed by atoms with Crippen molar-refractivity contribution in [2.24, 2.45) is 5.41 Å². The normalized spacial score (nSPS) is 13.8. The van der Waals surface area contributed by atoms with Crippen molar-refractivity contribution >= 4 is 23.3 Å². The Morgan fingerprint density at radius 1 is 1.47 bits per heavy atom. The predicted octanol–water partition coefficient (Wildman–Crippen LogP) is 2.43. The van der Waals surface area contributed by atoms with Crippen molar-refractivity contribution in [3.8, 4) is 0 Å². The first-order valence-electron chi connectivity index (χ1n) is 6.28. The summed E-state index contributed by atoms with van der Waals surface area (Å²) in [5, 5.41) is 12.0. The number of carbonyl (C=O) groups is 2. The summed E-state index contributed by atoms with van der Waals surface area (Å²) in [6, 6.07) is 0. The van der Waals surface area contributed by atoms with Gasteiger partial charge in [0.15, 0.2) is 5.41 Å². The number of aromatic nitrogens is 1. The highest BCUT2D eigenvalue weighted by atomic mass is 32.1. The lowest BCUT2D eigenvalue weighted by atomic mass is 9.80. The van der Waals surface area contributed by atoms with Crippen molar-refractivity contribution in [1.29, 1.82) is 0 Å². The van der Waals surface area contributed by atoms with E-state index in [2.05, 4.69) is 4.98 Å². The summed E-state index contributed by atoms with van der Waals surface area (Å²) >= 11 is 1.37. The highest BCUT2D eigenvalue weighted by Crippen LogP contribution is 2.32. The van der Waals surface area contributed by atoms with Crippen LogP contribution in [0.5, 0.6) is 0 Å². The molecular weight excluding hydrogens is 266 g/mol. The minimum Gasteiger partial charge on any atom is -0.480 e. The summed E-state index contributed by atoms with van der Waals surface area (Å²) in [5.74, 6) is -1.81. The highest BCUT2D eigenvalue weighted by Gasteiger charge is 2.47. The highest BCUT2D eigenvalue weighted by molar-refractivity contribution is 7.09. The minimum atomic E-state index is -1.52. The second-order valence-electron chi connectivity index (χ2n) is 4.42. The van der Waals surface area contributed by atoms with Crippen molar-refractivity contribution in [3.05, 3.63) is 16.1 Å². The standard InChI is InChI=1S/C13H19NO4S/c1-4-6-13(11(15)16,12(17)18-5-2)7-10-14-9(3)8-19-10/h8H,4-7H2,1-3H3,(H,15,16). The number of ether oxygens (including phenoxy) is 1. The number of nitrogens with zero attached hydrogens (tertiary/aromatic N) is 1. The van der Waals surface area contributed by atoms with Crippen molar-refractivity contribution in [3.63, 3.8) is 0 Å². The van der Waals surface area contributed by atoms with Crippen molar-refractivity contribution in [1.82, 2.24) is 4.98 Å². The summed E-state index contributed by atoms with van der Waals surface area (Å²) in [5.41, 5.74) is -0.686. The summed E-state index contributed by atoms with van der Waals surface area (Å²) in [7, 11) is 0. The van der Waals surface area contributed by atoms with E-state index >= 15 is 0 Å². The molecule has 0 aliphatic heterocycles. The molecule has 1 aromatic rings. The van der Waals surface area contributed by atoms with E-state index in [1.807, 2.05) is 19.2 Å². The van der Waals surface area contributed by atoms with Crippen LogP contribution in [-0.4, -0.2) is 28.6 Å². The van der Waals surface area contributed by atoms with E-state index in [4.69, 9.17) is 4.74 Å². The maximum atomic E-state index is 12.1. The van der Waals surface area contributed by atoms with Crippen LogP contribution in [0.3, 0.4) is 0 Å². The monoisotopic (exact) mass is 285 g/mol. The van der Waals surface area contributed by atoms with Gasteiger partial charge in [-0.25, -0.2) is 4.98 Å². The Hall–Kier alpha value is -1.43. The Kier molecular flexibility index (Phi) is 5.47. The first-order chi connectivity index (χ1) is 8.96. The predicted molar refractivity (Wildman–Crippen MR) is 72.2 cm³/mol. The van der Waals surface area contributed by atoms with Crippen LogP contribution in [0.1, 0.15) is 37.4 Å². The topological polar surface area (TPSA) is 76.5 Å². The molecule has 1 heterocycles. The number of hydrogen-bond donors (Lipinski definition) is 1. The third-order valence-corrected chi connectivity index (χ3v) is 3.84. The molecule has 0 spiro atoms. The fraction of sp³-hybridized carbons (Fsp3) is 0.615. The molecule has 0 amide bonds. The van der Waals surface area contributed by atoms with Crippen LogP contribution in [0, 0.1) is 12.3 Å². The summed E-state index contributed by atoms with van der Waals surface area (Å²) < 4.78 is 4.96. The zero-order chi connectivity index (χ0) is 14.5. The van der Waals surface area contributed by atoms with Crippen LogP contribution in [0.4, 0.5) is 0 Å². The zero-order valence-corrected chi connectivity index (χ0v) is 12.2. The van der Waals surface area contributed by atoms with Crippen molar-refractivity contribution in [2.75, 3.05) is 6.61 Å². The Labute approximate surface area is 116 Å². The molecule has 0 fully saturated rings. The molecule has 0 aliphatic carbocycles. The number of rotatable bonds is 7. The van der Waals surface area contributed by atoms with Gasteiger partial charge in [-0.3, -0.25) is 9.59 Å².